The third-order valence-corrected chi connectivity index (χ3v) is 3.26. The number of benzene rings is 2. The number of halogens is 1. The molecule has 100 valence electrons. The van der Waals surface area contributed by atoms with Crippen LogP contribution in [0.15, 0.2) is 36.4 Å². The molecular weight excluding hydrogens is 260 g/mol. The number of nitrogens with one attached hydrogen (secondary N) is 1. The van der Waals surface area contributed by atoms with Crippen LogP contribution in [0, 0.1) is 5.41 Å². The lowest BCUT2D eigenvalue weighted by molar-refractivity contribution is 0.311. The average Bonchev–Trinajstić information content (AvgIpc) is 2.41. The van der Waals surface area contributed by atoms with Crippen LogP contribution in [0.25, 0.3) is 10.8 Å². The van der Waals surface area contributed by atoms with Gasteiger partial charge in [0.1, 0.15) is 5.75 Å². The smallest absolute Gasteiger partial charge is 0.127 e. The minimum atomic E-state index is 0.233. The molecule has 3 nitrogen and oxygen atoms in total. The second-order valence-corrected chi connectivity index (χ2v) is 4.83. The zero-order valence-electron chi connectivity index (χ0n) is 10.7. The van der Waals surface area contributed by atoms with Gasteiger partial charge in [0.05, 0.1) is 12.4 Å². The van der Waals surface area contributed by atoms with Gasteiger partial charge in [0.15, 0.2) is 0 Å². The number of nitrogens with two attached hydrogens (primary N) is 1. The van der Waals surface area contributed by atoms with E-state index in [-0.39, 0.29) is 5.84 Å². The number of unbranched alkanes of at least 4 members (excludes halogenated alkanes) is 1. The van der Waals surface area contributed by atoms with E-state index in [0.717, 1.165) is 34.4 Å². The molecule has 0 saturated heterocycles. The molecule has 0 aromatic heterocycles. The maximum Gasteiger partial charge on any atom is 0.127 e. The maximum absolute atomic E-state index is 7.15. The van der Waals surface area contributed by atoms with Crippen LogP contribution in [0.5, 0.6) is 5.75 Å². The van der Waals surface area contributed by atoms with E-state index in [1.165, 1.54) is 0 Å². The molecule has 3 N–H and O–H groups in total. The van der Waals surface area contributed by atoms with Gasteiger partial charge in [-0.2, -0.15) is 0 Å². The first-order valence-corrected chi connectivity index (χ1v) is 6.69. The molecule has 2 rings (SSSR count). The maximum atomic E-state index is 7.15. The Balaban J connectivity index is 2.01. The second kappa shape index (κ2) is 6.43. The molecule has 0 aliphatic carbocycles. The van der Waals surface area contributed by atoms with Crippen LogP contribution >= 0.6 is 11.6 Å². The summed E-state index contributed by atoms with van der Waals surface area (Å²) < 4.78 is 5.79. The van der Waals surface area contributed by atoms with Crippen molar-refractivity contribution in [3.63, 3.8) is 0 Å². The van der Waals surface area contributed by atoms with E-state index in [4.69, 9.17) is 27.5 Å². The zero-order chi connectivity index (χ0) is 13.7. The highest BCUT2D eigenvalue weighted by atomic mass is 35.5. The molecule has 0 aliphatic heterocycles. The van der Waals surface area contributed by atoms with E-state index in [2.05, 4.69) is 0 Å². The molecule has 0 amide bonds. The van der Waals surface area contributed by atoms with Crippen molar-refractivity contribution in [2.45, 2.75) is 19.3 Å². The Morgan fingerprint density at radius 3 is 2.58 bits per heavy atom. The van der Waals surface area contributed by atoms with E-state index in [1.54, 1.807) is 0 Å². The lowest BCUT2D eigenvalue weighted by atomic mass is 10.1. The summed E-state index contributed by atoms with van der Waals surface area (Å²) >= 11 is 6.15. The molecule has 0 atom stereocenters. The number of rotatable bonds is 6. The highest BCUT2D eigenvalue weighted by Gasteiger charge is 2.04. The fourth-order valence-corrected chi connectivity index (χ4v) is 2.19. The van der Waals surface area contributed by atoms with Crippen molar-refractivity contribution < 1.29 is 4.74 Å². The van der Waals surface area contributed by atoms with Crippen molar-refractivity contribution in [1.82, 2.24) is 0 Å². The molecule has 0 radical (unpaired) electrons. The molecule has 2 aromatic rings. The van der Waals surface area contributed by atoms with Gasteiger partial charge >= 0.3 is 0 Å². The molecule has 19 heavy (non-hydrogen) atoms. The normalized spacial score (nSPS) is 10.6. The third-order valence-electron chi connectivity index (χ3n) is 2.93. The van der Waals surface area contributed by atoms with Crippen LogP contribution in [0.2, 0.25) is 5.02 Å². The minimum absolute atomic E-state index is 0.233. The topological polar surface area (TPSA) is 59.1 Å². The predicted molar refractivity (Wildman–Crippen MR) is 80.2 cm³/mol. The van der Waals surface area contributed by atoms with Gasteiger partial charge in [0.25, 0.3) is 0 Å². The van der Waals surface area contributed by atoms with E-state index < -0.39 is 0 Å². The molecule has 0 unspecified atom stereocenters. The summed E-state index contributed by atoms with van der Waals surface area (Å²) in [6.07, 6.45) is 2.39. The van der Waals surface area contributed by atoms with Crippen LogP contribution in [0.1, 0.15) is 19.3 Å². The van der Waals surface area contributed by atoms with Crippen LogP contribution in [0.4, 0.5) is 0 Å². The first-order valence-electron chi connectivity index (χ1n) is 6.31. The number of amidine groups is 1. The molecule has 0 fully saturated rings. The average molecular weight is 277 g/mol. The van der Waals surface area contributed by atoms with Crippen molar-refractivity contribution in [2.75, 3.05) is 6.61 Å². The molecular formula is C15H17ClN2O. The summed E-state index contributed by atoms with van der Waals surface area (Å²) in [4.78, 5) is 0. The number of fused-ring (bicyclic) bond motifs is 1. The molecule has 0 saturated carbocycles. The Labute approximate surface area is 117 Å². The quantitative estimate of drug-likeness (QED) is 0.476. The predicted octanol–water partition coefficient (Wildman–Crippen LogP) is 3.98. The molecule has 0 bridgehead atoms. The Kier molecular flexibility index (Phi) is 4.63. The van der Waals surface area contributed by atoms with E-state index in [0.29, 0.717) is 13.0 Å². The summed E-state index contributed by atoms with van der Waals surface area (Å²) in [5.74, 6) is 1.08. The fourth-order valence-electron chi connectivity index (χ4n) is 1.96. The lowest BCUT2D eigenvalue weighted by Crippen LogP contribution is -2.09. The summed E-state index contributed by atoms with van der Waals surface area (Å²) in [5.41, 5.74) is 5.30. The largest absolute Gasteiger partial charge is 0.493 e. The van der Waals surface area contributed by atoms with Crippen LogP contribution in [-0.2, 0) is 0 Å². The lowest BCUT2D eigenvalue weighted by Gasteiger charge is -2.10. The van der Waals surface area contributed by atoms with Gasteiger partial charge in [0.2, 0.25) is 0 Å². The van der Waals surface area contributed by atoms with E-state index >= 15 is 0 Å². The summed E-state index contributed by atoms with van der Waals surface area (Å²) in [6, 6.07) is 11.7. The Morgan fingerprint density at radius 2 is 1.84 bits per heavy atom. The number of ether oxygens (including phenoxy) is 1. The first kappa shape index (κ1) is 13.7. The van der Waals surface area contributed by atoms with Crippen molar-refractivity contribution in [2.24, 2.45) is 5.73 Å². The first-order chi connectivity index (χ1) is 9.18. The second-order valence-electron chi connectivity index (χ2n) is 4.42. The van der Waals surface area contributed by atoms with Gasteiger partial charge in [-0.15, -0.1) is 0 Å². The van der Waals surface area contributed by atoms with Crippen molar-refractivity contribution >= 4 is 28.2 Å². The van der Waals surface area contributed by atoms with E-state index in [9.17, 15) is 0 Å². The molecule has 0 spiro atoms. The Hall–Kier alpha value is -1.74. The highest BCUT2D eigenvalue weighted by Crippen LogP contribution is 2.31. The van der Waals surface area contributed by atoms with Gasteiger partial charge in [-0.25, -0.2) is 0 Å². The SMILES string of the molecule is N=C(N)CCCCOc1ccc(Cl)c2ccccc12. The molecule has 4 heteroatoms. The third kappa shape index (κ3) is 3.61. The van der Waals surface area contributed by atoms with Crippen LogP contribution < -0.4 is 10.5 Å². The van der Waals surface area contributed by atoms with Gasteiger partial charge < -0.3 is 10.5 Å². The number of hydrogen-bond donors (Lipinski definition) is 2. The standard InChI is InChI=1S/C15H17ClN2O/c16-13-8-9-14(12-6-2-1-5-11(12)13)19-10-4-3-7-15(17)18/h1-2,5-6,8-9H,3-4,7,10H2,(H3,17,18). The minimum Gasteiger partial charge on any atom is -0.493 e. The fraction of sp³-hybridized carbons (Fsp3) is 0.267. The summed E-state index contributed by atoms with van der Waals surface area (Å²) in [7, 11) is 0. The Morgan fingerprint density at radius 1 is 1.11 bits per heavy atom. The van der Waals surface area contributed by atoms with Crippen molar-refractivity contribution in [3.05, 3.63) is 41.4 Å². The molecule has 0 heterocycles. The van der Waals surface area contributed by atoms with Gasteiger partial charge in [-0.1, -0.05) is 35.9 Å². The van der Waals surface area contributed by atoms with Gasteiger partial charge in [-0.05, 0) is 25.0 Å². The van der Waals surface area contributed by atoms with Crippen molar-refractivity contribution in [3.8, 4) is 5.75 Å². The summed E-state index contributed by atoms with van der Waals surface area (Å²) in [6.45, 7) is 0.624. The molecule has 0 aliphatic rings. The summed E-state index contributed by atoms with van der Waals surface area (Å²) in [5, 5.41) is 9.92. The monoisotopic (exact) mass is 276 g/mol. The van der Waals surface area contributed by atoms with Crippen molar-refractivity contribution in [1.29, 1.82) is 5.41 Å². The number of hydrogen-bond acceptors (Lipinski definition) is 2. The molecule has 2 aromatic carbocycles. The van der Waals surface area contributed by atoms with E-state index in [1.807, 2.05) is 36.4 Å². The van der Waals surface area contributed by atoms with Gasteiger partial charge in [-0.3, -0.25) is 5.41 Å². The Bertz CT molecular complexity index is 583. The van der Waals surface area contributed by atoms with Crippen LogP contribution in [-0.4, -0.2) is 12.4 Å². The zero-order valence-corrected chi connectivity index (χ0v) is 11.4. The highest BCUT2D eigenvalue weighted by molar-refractivity contribution is 6.35. The van der Waals surface area contributed by atoms with Crippen LogP contribution in [0.3, 0.4) is 0 Å². The van der Waals surface area contributed by atoms with Gasteiger partial charge in [0, 0.05) is 22.2 Å².